The zero-order chi connectivity index (χ0) is 9.14. The average molecular weight is 194 g/mol. The van der Waals surface area contributed by atoms with Gasteiger partial charge >= 0.3 is 5.97 Å². The normalized spacial score (nSPS) is 15.9. The van der Waals surface area contributed by atoms with E-state index in [4.69, 9.17) is 5.11 Å². The fraction of sp³-hybridized carbons (Fsp3) is 0.429. The Morgan fingerprint density at radius 1 is 1.62 bits per heavy atom. The first-order valence-electron chi connectivity index (χ1n) is 3.45. The Kier molecular flexibility index (Phi) is 5.05. The van der Waals surface area contributed by atoms with Crippen molar-refractivity contribution in [3.8, 4) is 0 Å². The van der Waals surface area contributed by atoms with Crippen LogP contribution in [0.25, 0.3) is 0 Å². The van der Waals surface area contributed by atoms with Crippen molar-refractivity contribution >= 4 is 41.4 Å². The molecule has 1 amide bonds. The van der Waals surface area contributed by atoms with E-state index in [-0.39, 0.29) is 47.3 Å². The van der Waals surface area contributed by atoms with Crippen molar-refractivity contribution in [2.24, 2.45) is 0 Å². The van der Waals surface area contributed by atoms with Gasteiger partial charge in [-0.15, -0.1) is 0 Å². The second-order valence-electron chi connectivity index (χ2n) is 2.32. The summed E-state index contributed by atoms with van der Waals surface area (Å²) < 4.78 is 4.31. The second-order valence-corrected chi connectivity index (χ2v) is 2.32. The van der Waals surface area contributed by atoms with E-state index in [1.807, 2.05) is 0 Å². The van der Waals surface area contributed by atoms with Crippen LogP contribution in [-0.2, 0) is 14.3 Å². The Hall–Kier alpha value is -0.520. The summed E-state index contributed by atoms with van der Waals surface area (Å²) >= 11 is 0. The van der Waals surface area contributed by atoms with E-state index in [2.05, 4.69) is 10.1 Å². The minimum Gasteiger partial charge on any atom is -0.511 e. The van der Waals surface area contributed by atoms with Crippen LogP contribution in [0.1, 0.15) is 6.42 Å². The number of esters is 1. The van der Waals surface area contributed by atoms with Crippen LogP contribution in [0.5, 0.6) is 0 Å². The molecule has 1 aliphatic rings. The van der Waals surface area contributed by atoms with Crippen molar-refractivity contribution in [1.82, 2.24) is 5.32 Å². The minimum atomic E-state index is -0.801. The molecule has 0 saturated carbocycles. The third kappa shape index (κ3) is 2.72. The molecule has 0 bridgehead atoms. The Balaban J connectivity index is 0.00000144. The molecular weight excluding hydrogens is 185 g/mol. The number of carbonyl (C=O) groups excluding carboxylic acids is 2. The monoisotopic (exact) mass is 194 g/mol. The number of amides is 1. The number of aliphatic hydroxyl groups excluding tert-OH is 1. The average Bonchev–Trinajstić information content (AvgIpc) is 2.03. The molecule has 0 aromatic carbocycles. The first-order chi connectivity index (χ1) is 5.66. The van der Waals surface area contributed by atoms with E-state index in [1.54, 1.807) is 0 Å². The number of aliphatic hydroxyl groups is 1. The smallest absolute Gasteiger partial charge is 0.346 e. The zero-order valence-electron chi connectivity index (χ0n) is 7.59. The van der Waals surface area contributed by atoms with Gasteiger partial charge in [0.15, 0.2) is 5.57 Å². The summed E-state index contributed by atoms with van der Waals surface area (Å²) in [7, 11) is 1.16. The summed E-state index contributed by atoms with van der Waals surface area (Å²) in [5.41, 5.74) is -0.288. The summed E-state index contributed by atoms with van der Waals surface area (Å²) in [6.45, 7) is 0.352. The predicted octanol–water partition coefficient (Wildman–Crippen LogP) is -0.889. The molecule has 0 spiro atoms. The molecule has 0 atom stereocenters. The Bertz CT molecular complexity index is 261. The summed E-state index contributed by atoms with van der Waals surface area (Å²) in [6.07, 6.45) is 0.274. The quantitative estimate of drug-likeness (QED) is 0.322. The summed E-state index contributed by atoms with van der Waals surface area (Å²) in [5, 5.41) is 11.6. The van der Waals surface area contributed by atoms with Crippen LogP contribution in [0.15, 0.2) is 11.3 Å². The Labute approximate surface area is 97.4 Å². The molecular formula is C7H9NNaO4. The fourth-order valence-corrected chi connectivity index (χ4v) is 0.951. The van der Waals surface area contributed by atoms with Gasteiger partial charge in [-0.2, -0.15) is 0 Å². The molecule has 5 nitrogen and oxygen atoms in total. The van der Waals surface area contributed by atoms with Gasteiger partial charge in [0.05, 0.1) is 7.11 Å². The third-order valence-electron chi connectivity index (χ3n) is 1.55. The van der Waals surface area contributed by atoms with E-state index in [1.165, 1.54) is 0 Å². The van der Waals surface area contributed by atoms with E-state index in [9.17, 15) is 9.59 Å². The molecule has 1 rings (SSSR count). The van der Waals surface area contributed by atoms with Crippen LogP contribution < -0.4 is 5.32 Å². The first kappa shape index (κ1) is 12.5. The molecule has 1 heterocycles. The van der Waals surface area contributed by atoms with E-state index >= 15 is 0 Å². The number of hydrogen-bond acceptors (Lipinski definition) is 4. The minimum absolute atomic E-state index is 0. The van der Waals surface area contributed by atoms with Crippen LogP contribution in [0.3, 0.4) is 0 Å². The maximum atomic E-state index is 11.0. The molecule has 1 aliphatic heterocycles. The Morgan fingerprint density at radius 2 is 2.23 bits per heavy atom. The number of rotatable bonds is 1. The molecule has 0 aromatic heterocycles. The van der Waals surface area contributed by atoms with Gasteiger partial charge in [-0.3, -0.25) is 4.79 Å². The maximum absolute atomic E-state index is 11.0. The van der Waals surface area contributed by atoms with Crippen molar-refractivity contribution in [2.75, 3.05) is 13.7 Å². The van der Waals surface area contributed by atoms with E-state index in [0.29, 0.717) is 6.54 Å². The third-order valence-corrected chi connectivity index (χ3v) is 1.55. The molecule has 1 radical (unpaired) electrons. The van der Waals surface area contributed by atoms with Gasteiger partial charge in [0.25, 0.3) is 5.91 Å². The SMILES string of the molecule is COC(=O)C1=C(O)CCNC1=O.[Na]. The van der Waals surface area contributed by atoms with Crippen LogP contribution in [0.2, 0.25) is 0 Å². The number of ether oxygens (including phenoxy) is 1. The summed E-state index contributed by atoms with van der Waals surface area (Å²) in [4.78, 5) is 21.9. The largest absolute Gasteiger partial charge is 0.511 e. The predicted molar refractivity (Wildman–Crippen MR) is 45.1 cm³/mol. The van der Waals surface area contributed by atoms with Gasteiger partial charge in [0.2, 0.25) is 0 Å². The molecule has 0 aromatic rings. The zero-order valence-corrected chi connectivity index (χ0v) is 9.59. The van der Waals surface area contributed by atoms with Crippen LogP contribution in [0, 0.1) is 0 Å². The van der Waals surface area contributed by atoms with Crippen molar-refractivity contribution in [1.29, 1.82) is 0 Å². The molecule has 13 heavy (non-hydrogen) atoms. The van der Waals surface area contributed by atoms with Crippen molar-refractivity contribution in [3.05, 3.63) is 11.3 Å². The van der Waals surface area contributed by atoms with Crippen LogP contribution >= 0.6 is 0 Å². The van der Waals surface area contributed by atoms with Gasteiger partial charge in [0, 0.05) is 42.5 Å². The molecule has 67 valence electrons. The van der Waals surface area contributed by atoms with Gasteiger partial charge in [-0.05, 0) is 0 Å². The molecule has 6 heteroatoms. The van der Waals surface area contributed by atoms with Gasteiger partial charge in [-0.1, -0.05) is 0 Å². The molecule has 0 saturated heterocycles. The van der Waals surface area contributed by atoms with E-state index in [0.717, 1.165) is 7.11 Å². The number of carbonyl (C=O) groups is 2. The van der Waals surface area contributed by atoms with Crippen LogP contribution in [0.4, 0.5) is 0 Å². The van der Waals surface area contributed by atoms with Gasteiger partial charge in [0.1, 0.15) is 5.76 Å². The van der Waals surface area contributed by atoms with Crippen molar-refractivity contribution < 1.29 is 19.4 Å². The van der Waals surface area contributed by atoms with Crippen molar-refractivity contribution in [2.45, 2.75) is 6.42 Å². The topological polar surface area (TPSA) is 75.6 Å². The second kappa shape index (κ2) is 5.26. The standard InChI is InChI=1S/C7H9NO4.Na/c1-12-7(11)5-4(9)2-3-8-6(5)10;/h9H,2-3H2,1H3,(H,8,10);. The van der Waals surface area contributed by atoms with E-state index < -0.39 is 11.9 Å². The summed E-state index contributed by atoms with van der Waals surface area (Å²) in [5.74, 6) is -1.58. The molecule has 0 unspecified atom stereocenters. The maximum Gasteiger partial charge on any atom is 0.346 e. The molecule has 0 aliphatic carbocycles. The van der Waals surface area contributed by atoms with Crippen molar-refractivity contribution in [3.63, 3.8) is 0 Å². The van der Waals surface area contributed by atoms with Gasteiger partial charge in [-0.25, -0.2) is 4.79 Å². The molecule has 2 N–H and O–H groups in total. The number of nitrogens with one attached hydrogen (secondary N) is 1. The number of methoxy groups -OCH3 is 1. The fourth-order valence-electron chi connectivity index (χ4n) is 0.951. The number of hydrogen-bond donors (Lipinski definition) is 2. The molecule has 0 fully saturated rings. The van der Waals surface area contributed by atoms with Gasteiger partial charge < -0.3 is 15.2 Å². The summed E-state index contributed by atoms with van der Waals surface area (Å²) in [6, 6.07) is 0. The van der Waals surface area contributed by atoms with Crippen LogP contribution in [-0.4, -0.2) is 60.2 Å². The Morgan fingerprint density at radius 3 is 2.69 bits per heavy atom. The first-order valence-corrected chi connectivity index (χ1v) is 3.45.